The molecule has 0 radical (unpaired) electrons. The fourth-order valence-corrected chi connectivity index (χ4v) is 1.36. The zero-order valence-corrected chi connectivity index (χ0v) is 9.94. The second-order valence-electron chi connectivity index (χ2n) is 3.74. The number of carbonyl (C=O) groups excluding carboxylic acids is 1. The van der Waals surface area contributed by atoms with E-state index in [1.165, 1.54) is 18.6 Å². The molecular formula is C11H13N3O5. The molecule has 8 heteroatoms. The molecular weight excluding hydrogens is 254 g/mol. The molecule has 1 rings (SSSR count). The van der Waals surface area contributed by atoms with E-state index < -0.39 is 23.9 Å². The van der Waals surface area contributed by atoms with Crippen molar-refractivity contribution >= 4 is 17.8 Å². The maximum atomic E-state index is 11.7. The molecule has 0 unspecified atom stereocenters. The van der Waals surface area contributed by atoms with Gasteiger partial charge in [0.05, 0.1) is 6.20 Å². The van der Waals surface area contributed by atoms with Gasteiger partial charge in [0.25, 0.3) is 5.91 Å². The van der Waals surface area contributed by atoms with Crippen LogP contribution in [-0.2, 0) is 9.59 Å². The summed E-state index contributed by atoms with van der Waals surface area (Å²) in [6.45, 7) is 0. The maximum Gasteiger partial charge on any atom is 0.326 e. The number of hydrogen-bond donors (Lipinski definition) is 3. The highest BCUT2D eigenvalue weighted by molar-refractivity contribution is 5.94. The van der Waals surface area contributed by atoms with Gasteiger partial charge in [-0.05, 0) is 12.8 Å². The van der Waals surface area contributed by atoms with Crippen molar-refractivity contribution in [2.75, 3.05) is 0 Å². The highest BCUT2D eigenvalue weighted by Gasteiger charge is 2.21. The van der Waals surface area contributed by atoms with Crippen molar-refractivity contribution in [2.24, 2.45) is 0 Å². The molecule has 1 aromatic heterocycles. The fourth-order valence-electron chi connectivity index (χ4n) is 1.36. The Kier molecular flexibility index (Phi) is 5.39. The number of hydrogen-bond acceptors (Lipinski definition) is 5. The number of carboxylic acid groups (broad SMARTS) is 2. The summed E-state index contributed by atoms with van der Waals surface area (Å²) in [5.41, 5.74) is 0.00647. The topological polar surface area (TPSA) is 129 Å². The van der Waals surface area contributed by atoms with Crippen molar-refractivity contribution in [3.05, 3.63) is 24.3 Å². The Bertz CT molecular complexity index is 463. The molecule has 1 atom stereocenters. The summed E-state index contributed by atoms with van der Waals surface area (Å²) in [6.07, 6.45) is 3.96. The highest BCUT2D eigenvalue weighted by atomic mass is 16.4. The lowest BCUT2D eigenvalue weighted by Crippen LogP contribution is -2.41. The lowest BCUT2D eigenvalue weighted by atomic mass is 10.1. The summed E-state index contributed by atoms with van der Waals surface area (Å²) in [7, 11) is 0. The molecule has 19 heavy (non-hydrogen) atoms. The Morgan fingerprint density at radius 1 is 1.26 bits per heavy atom. The summed E-state index contributed by atoms with van der Waals surface area (Å²) in [5.74, 6) is -2.89. The van der Waals surface area contributed by atoms with Crippen molar-refractivity contribution in [1.29, 1.82) is 0 Å². The lowest BCUT2D eigenvalue weighted by Gasteiger charge is -2.13. The smallest absolute Gasteiger partial charge is 0.326 e. The second-order valence-corrected chi connectivity index (χ2v) is 3.74. The van der Waals surface area contributed by atoms with Gasteiger partial charge in [0.1, 0.15) is 11.7 Å². The fraction of sp³-hybridized carbons (Fsp3) is 0.364. The van der Waals surface area contributed by atoms with Crippen LogP contribution in [0.3, 0.4) is 0 Å². The Hall–Kier alpha value is -2.51. The summed E-state index contributed by atoms with van der Waals surface area (Å²) < 4.78 is 0. The van der Waals surface area contributed by atoms with Crippen molar-refractivity contribution in [3.63, 3.8) is 0 Å². The molecule has 0 aromatic carbocycles. The monoisotopic (exact) mass is 267 g/mol. The molecule has 1 amide bonds. The van der Waals surface area contributed by atoms with Crippen LogP contribution in [0, 0.1) is 0 Å². The van der Waals surface area contributed by atoms with Crippen LogP contribution >= 0.6 is 0 Å². The van der Waals surface area contributed by atoms with Gasteiger partial charge in [0, 0.05) is 18.8 Å². The number of aliphatic carboxylic acids is 2. The van der Waals surface area contributed by atoms with Crippen molar-refractivity contribution in [1.82, 2.24) is 15.3 Å². The van der Waals surface area contributed by atoms with Gasteiger partial charge in [-0.3, -0.25) is 14.6 Å². The molecule has 0 aliphatic carbocycles. The number of amides is 1. The Morgan fingerprint density at radius 3 is 2.53 bits per heavy atom. The normalized spacial score (nSPS) is 11.6. The molecule has 0 saturated carbocycles. The molecule has 0 saturated heterocycles. The van der Waals surface area contributed by atoms with E-state index in [2.05, 4.69) is 15.3 Å². The quantitative estimate of drug-likeness (QED) is 0.629. The van der Waals surface area contributed by atoms with E-state index in [1.54, 1.807) is 0 Å². The third-order valence-corrected chi connectivity index (χ3v) is 2.28. The summed E-state index contributed by atoms with van der Waals surface area (Å²) in [5, 5.41) is 19.7. The van der Waals surface area contributed by atoms with Crippen molar-refractivity contribution in [3.8, 4) is 0 Å². The van der Waals surface area contributed by atoms with Gasteiger partial charge >= 0.3 is 11.9 Å². The van der Waals surface area contributed by atoms with E-state index in [4.69, 9.17) is 10.2 Å². The van der Waals surface area contributed by atoms with Crippen LogP contribution in [0.5, 0.6) is 0 Å². The van der Waals surface area contributed by atoms with Gasteiger partial charge < -0.3 is 15.5 Å². The Morgan fingerprint density at radius 2 is 2.00 bits per heavy atom. The number of aromatic nitrogens is 2. The molecule has 0 bridgehead atoms. The van der Waals surface area contributed by atoms with Gasteiger partial charge in [0.15, 0.2) is 0 Å². The average molecular weight is 267 g/mol. The second kappa shape index (κ2) is 7.04. The van der Waals surface area contributed by atoms with Crippen LogP contribution in [0.1, 0.15) is 29.8 Å². The third-order valence-electron chi connectivity index (χ3n) is 2.28. The number of rotatable bonds is 7. The van der Waals surface area contributed by atoms with Crippen molar-refractivity contribution in [2.45, 2.75) is 25.3 Å². The number of carboxylic acids is 2. The predicted molar refractivity (Wildman–Crippen MR) is 62.4 cm³/mol. The number of nitrogens with zero attached hydrogens (tertiary/aromatic N) is 2. The van der Waals surface area contributed by atoms with E-state index in [9.17, 15) is 14.4 Å². The van der Waals surface area contributed by atoms with Gasteiger partial charge in [-0.2, -0.15) is 0 Å². The molecule has 8 nitrogen and oxygen atoms in total. The largest absolute Gasteiger partial charge is 0.481 e. The van der Waals surface area contributed by atoms with Crippen LogP contribution in [-0.4, -0.2) is 44.1 Å². The minimum absolute atomic E-state index is 0.00647. The first-order valence-electron chi connectivity index (χ1n) is 5.52. The summed E-state index contributed by atoms with van der Waals surface area (Å²) in [4.78, 5) is 40.4. The minimum atomic E-state index is -1.22. The summed E-state index contributed by atoms with van der Waals surface area (Å²) in [6, 6.07) is -1.14. The van der Waals surface area contributed by atoms with E-state index in [1.807, 2.05) is 0 Å². The standard InChI is InChI=1S/C11H13N3O5/c15-9(16)3-1-2-7(11(18)19)14-10(17)8-6-12-4-5-13-8/h4-7H,1-3H2,(H,14,17)(H,15,16)(H,18,19)/t7-/m1/s1. The predicted octanol–water partition coefficient (Wildman–Crippen LogP) is -0.0855. The van der Waals surface area contributed by atoms with Crippen molar-refractivity contribution < 1.29 is 24.6 Å². The molecule has 0 aliphatic rings. The van der Waals surface area contributed by atoms with E-state index in [0.29, 0.717) is 0 Å². The maximum absolute atomic E-state index is 11.7. The molecule has 0 spiro atoms. The third kappa shape index (κ3) is 5.11. The molecule has 0 fully saturated rings. The highest BCUT2D eigenvalue weighted by Crippen LogP contribution is 2.03. The molecule has 0 aliphatic heterocycles. The number of carbonyl (C=O) groups is 3. The number of nitrogens with one attached hydrogen (secondary N) is 1. The van der Waals surface area contributed by atoms with E-state index in [0.717, 1.165) is 0 Å². The first kappa shape index (κ1) is 14.6. The first-order valence-corrected chi connectivity index (χ1v) is 5.52. The van der Waals surface area contributed by atoms with Crippen LogP contribution in [0.15, 0.2) is 18.6 Å². The van der Waals surface area contributed by atoms with E-state index >= 15 is 0 Å². The van der Waals surface area contributed by atoms with Gasteiger partial charge in [-0.25, -0.2) is 9.78 Å². The molecule has 3 N–H and O–H groups in total. The molecule has 1 aromatic rings. The Labute approximate surface area is 108 Å². The van der Waals surface area contributed by atoms with Gasteiger partial charge in [0.2, 0.25) is 0 Å². The average Bonchev–Trinajstić information content (AvgIpc) is 2.37. The van der Waals surface area contributed by atoms with Crippen LogP contribution in [0.4, 0.5) is 0 Å². The Balaban J connectivity index is 2.56. The zero-order chi connectivity index (χ0) is 14.3. The lowest BCUT2D eigenvalue weighted by molar-refractivity contribution is -0.140. The first-order chi connectivity index (χ1) is 9.00. The summed E-state index contributed by atoms with van der Waals surface area (Å²) >= 11 is 0. The van der Waals surface area contributed by atoms with Crippen LogP contribution < -0.4 is 5.32 Å². The van der Waals surface area contributed by atoms with Gasteiger partial charge in [-0.15, -0.1) is 0 Å². The van der Waals surface area contributed by atoms with Crippen LogP contribution in [0.2, 0.25) is 0 Å². The minimum Gasteiger partial charge on any atom is -0.481 e. The molecule has 102 valence electrons. The molecule has 1 heterocycles. The van der Waals surface area contributed by atoms with Gasteiger partial charge in [-0.1, -0.05) is 0 Å². The van der Waals surface area contributed by atoms with Crippen LogP contribution in [0.25, 0.3) is 0 Å². The van der Waals surface area contributed by atoms with E-state index in [-0.39, 0.29) is 25.0 Å². The zero-order valence-electron chi connectivity index (χ0n) is 9.94. The SMILES string of the molecule is O=C(O)CCC[C@@H](NC(=O)c1cnccn1)C(=O)O.